The van der Waals surface area contributed by atoms with Gasteiger partial charge in [0.25, 0.3) is 0 Å². The van der Waals surface area contributed by atoms with E-state index in [0.29, 0.717) is 27.7 Å². The van der Waals surface area contributed by atoms with E-state index >= 15 is 0 Å². The highest BCUT2D eigenvalue weighted by atomic mass is 35.5. The summed E-state index contributed by atoms with van der Waals surface area (Å²) in [5, 5.41) is 15.2. The summed E-state index contributed by atoms with van der Waals surface area (Å²) >= 11 is 5.94. The second kappa shape index (κ2) is 7.23. The number of anilines is 1. The first kappa shape index (κ1) is 16.8. The van der Waals surface area contributed by atoms with Gasteiger partial charge in [-0.1, -0.05) is 35.9 Å². The summed E-state index contributed by atoms with van der Waals surface area (Å²) in [7, 11) is 0. The van der Waals surface area contributed by atoms with Gasteiger partial charge in [-0.15, -0.1) is 10.2 Å². The molecule has 0 atom stereocenters. The third-order valence-electron chi connectivity index (χ3n) is 3.37. The highest BCUT2D eigenvalue weighted by Crippen LogP contribution is 2.18. The van der Waals surface area contributed by atoms with Crippen LogP contribution in [-0.4, -0.2) is 31.9 Å². The molecule has 25 heavy (non-hydrogen) atoms. The molecule has 0 unspecified atom stereocenters. The number of hydrogen-bond acceptors (Lipinski definition) is 5. The van der Waals surface area contributed by atoms with Gasteiger partial charge in [0.15, 0.2) is 5.78 Å². The fourth-order valence-electron chi connectivity index (χ4n) is 2.20. The van der Waals surface area contributed by atoms with Crippen molar-refractivity contribution in [1.29, 1.82) is 0 Å². The van der Waals surface area contributed by atoms with Crippen LogP contribution in [0.5, 0.6) is 0 Å². The summed E-state index contributed by atoms with van der Waals surface area (Å²) in [6.45, 7) is 1.37. The van der Waals surface area contributed by atoms with Crippen molar-refractivity contribution < 1.29 is 9.59 Å². The number of amides is 1. The van der Waals surface area contributed by atoms with Crippen molar-refractivity contribution in [2.24, 2.45) is 0 Å². The van der Waals surface area contributed by atoms with Crippen molar-refractivity contribution in [3.8, 4) is 11.4 Å². The Morgan fingerprint density at radius 1 is 1.16 bits per heavy atom. The molecule has 1 heterocycles. The standard InChI is InChI=1S/C17H14ClN5O2/c1-11(24)12-4-3-7-15(9-12)19-16(25)10-23-21-17(20-22-23)13-5-2-6-14(18)8-13/h2-9H,10H2,1H3,(H,19,25). The van der Waals surface area contributed by atoms with Gasteiger partial charge < -0.3 is 5.32 Å². The molecule has 126 valence electrons. The zero-order valence-electron chi connectivity index (χ0n) is 13.3. The average Bonchev–Trinajstić information content (AvgIpc) is 3.03. The van der Waals surface area contributed by atoms with E-state index in [1.807, 2.05) is 0 Å². The van der Waals surface area contributed by atoms with Crippen LogP contribution in [0.3, 0.4) is 0 Å². The molecule has 0 saturated heterocycles. The molecule has 0 fully saturated rings. The number of carbonyl (C=O) groups excluding carboxylic acids is 2. The second-order valence-corrected chi connectivity index (χ2v) is 5.78. The fraction of sp³-hybridized carbons (Fsp3) is 0.118. The molecule has 8 heteroatoms. The molecule has 0 bridgehead atoms. The molecule has 0 radical (unpaired) electrons. The number of rotatable bonds is 5. The number of benzene rings is 2. The maximum absolute atomic E-state index is 12.1. The highest BCUT2D eigenvalue weighted by molar-refractivity contribution is 6.30. The Bertz CT molecular complexity index is 938. The van der Waals surface area contributed by atoms with Gasteiger partial charge >= 0.3 is 0 Å². The minimum Gasteiger partial charge on any atom is -0.324 e. The van der Waals surface area contributed by atoms with E-state index in [0.717, 1.165) is 0 Å². The predicted molar refractivity (Wildman–Crippen MR) is 93.3 cm³/mol. The van der Waals surface area contributed by atoms with Crippen molar-refractivity contribution in [2.45, 2.75) is 13.5 Å². The van der Waals surface area contributed by atoms with Crippen LogP contribution in [0.15, 0.2) is 48.5 Å². The Labute approximate surface area is 148 Å². The number of tetrazole rings is 1. The van der Waals surface area contributed by atoms with Gasteiger partial charge in [0, 0.05) is 21.8 Å². The number of carbonyl (C=O) groups is 2. The Balaban J connectivity index is 1.68. The molecule has 0 aliphatic carbocycles. The van der Waals surface area contributed by atoms with E-state index in [9.17, 15) is 9.59 Å². The maximum Gasteiger partial charge on any atom is 0.248 e. The third kappa shape index (κ3) is 4.27. The SMILES string of the molecule is CC(=O)c1cccc(NC(=O)Cn2nnc(-c3cccc(Cl)c3)n2)c1. The molecule has 3 aromatic rings. The second-order valence-electron chi connectivity index (χ2n) is 5.34. The zero-order chi connectivity index (χ0) is 17.8. The average molecular weight is 356 g/mol. The number of nitrogens with zero attached hydrogens (tertiary/aromatic N) is 4. The van der Waals surface area contributed by atoms with Crippen LogP contribution in [0.4, 0.5) is 5.69 Å². The largest absolute Gasteiger partial charge is 0.324 e. The normalized spacial score (nSPS) is 10.5. The molecular weight excluding hydrogens is 342 g/mol. The number of ketones is 1. The van der Waals surface area contributed by atoms with Gasteiger partial charge in [0.1, 0.15) is 6.54 Å². The minimum atomic E-state index is -0.323. The van der Waals surface area contributed by atoms with Crippen LogP contribution in [0, 0.1) is 0 Å². The smallest absolute Gasteiger partial charge is 0.248 e. The number of Topliss-reactive ketones (excluding diaryl/α,β-unsaturated/α-hetero) is 1. The van der Waals surface area contributed by atoms with E-state index in [1.54, 1.807) is 48.5 Å². The topological polar surface area (TPSA) is 89.8 Å². The monoisotopic (exact) mass is 355 g/mol. The number of aromatic nitrogens is 4. The quantitative estimate of drug-likeness (QED) is 0.711. The Morgan fingerprint density at radius 3 is 2.72 bits per heavy atom. The lowest BCUT2D eigenvalue weighted by molar-refractivity contribution is -0.117. The summed E-state index contributed by atoms with van der Waals surface area (Å²) in [5.74, 6) is -0.00942. The lowest BCUT2D eigenvalue weighted by Crippen LogP contribution is -2.20. The predicted octanol–water partition coefficient (Wildman–Crippen LogP) is 2.83. The molecule has 7 nitrogen and oxygen atoms in total. The fourth-order valence-corrected chi connectivity index (χ4v) is 2.39. The summed E-state index contributed by atoms with van der Waals surface area (Å²) in [5.41, 5.74) is 1.78. The van der Waals surface area contributed by atoms with E-state index in [1.165, 1.54) is 11.7 Å². The van der Waals surface area contributed by atoms with Gasteiger partial charge in [-0.3, -0.25) is 9.59 Å². The number of nitrogens with one attached hydrogen (secondary N) is 1. The third-order valence-corrected chi connectivity index (χ3v) is 3.61. The molecule has 3 rings (SSSR count). The Kier molecular flexibility index (Phi) is 4.85. The summed E-state index contributed by atoms with van der Waals surface area (Å²) in [6.07, 6.45) is 0. The molecular formula is C17H14ClN5O2. The van der Waals surface area contributed by atoms with Crippen LogP contribution >= 0.6 is 11.6 Å². The van der Waals surface area contributed by atoms with Crippen LogP contribution in [0.2, 0.25) is 5.02 Å². The molecule has 0 aliphatic heterocycles. The first-order valence-electron chi connectivity index (χ1n) is 7.46. The first-order valence-corrected chi connectivity index (χ1v) is 7.83. The molecule has 2 aromatic carbocycles. The molecule has 0 spiro atoms. The Hall–Kier alpha value is -3.06. The van der Waals surface area contributed by atoms with Crippen molar-refractivity contribution in [1.82, 2.24) is 20.2 Å². The molecule has 0 saturated carbocycles. The lowest BCUT2D eigenvalue weighted by Gasteiger charge is -2.05. The molecule has 0 aliphatic rings. The van der Waals surface area contributed by atoms with E-state index in [4.69, 9.17) is 11.6 Å². The van der Waals surface area contributed by atoms with Crippen molar-refractivity contribution in [2.75, 3.05) is 5.32 Å². The van der Waals surface area contributed by atoms with Crippen LogP contribution in [0.25, 0.3) is 11.4 Å². The molecule has 1 amide bonds. The van der Waals surface area contributed by atoms with E-state index in [-0.39, 0.29) is 18.2 Å². The van der Waals surface area contributed by atoms with Gasteiger partial charge in [0.2, 0.25) is 11.7 Å². The zero-order valence-corrected chi connectivity index (χ0v) is 14.1. The number of hydrogen-bond donors (Lipinski definition) is 1. The van der Waals surface area contributed by atoms with Crippen LogP contribution in [0.1, 0.15) is 17.3 Å². The van der Waals surface area contributed by atoms with Crippen molar-refractivity contribution in [3.05, 3.63) is 59.1 Å². The van der Waals surface area contributed by atoms with Crippen molar-refractivity contribution in [3.63, 3.8) is 0 Å². The molecule has 1 aromatic heterocycles. The lowest BCUT2D eigenvalue weighted by atomic mass is 10.1. The molecule has 1 N–H and O–H groups in total. The number of halogens is 1. The van der Waals surface area contributed by atoms with Crippen LogP contribution < -0.4 is 5.32 Å². The van der Waals surface area contributed by atoms with Gasteiger partial charge in [0.05, 0.1) is 0 Å². The highest BCUT2D eigenvalue weighted by Gasteiger charge is 2.10. The van der Waals surface area contributed by atoms with E-state index < -0.39 is 0 Å². The van der Waals surface area contributed by atoms with Gasteiger partial charge in [-0.2, -0.15) is 4.80 Å². The van der Waals surface area contributed by atoms with Gasteiger partial charge in [-0.05, 0) is 36.4 Å². The summed E-state index contributed by atoms with van der Waals surface area (Å²) < 4.78 is 0. The summed E-state index contributed by atoms with van der Waals surface area (Å²) in [4.78, 5) is 24.7. The minimum absolute atomic E-state index is 0.0693. The maximum atomic E-state index is 12.1. The summed E-state index contributed by atoms with van der Waals surface area (Å²) in [6, 6.07) is 13.8. The van der Waals surface area contributed by atoms with Crippen molar-refractivity contribution >= 4 is 29.0 Å². The van der Waals surface area contributed by atoms with Gasteiger partial charge in [-0.25, -0.2) is 0 Å². The first-order chi connectivity index (χ1) is 12.0. The Morgan fingerprint density at radius 2 is 1.96 bits per heavy atom. The van der Waals surface area contributed by atoms with Crippen LogP contribution in [-0.2, 0) is 11.3 Å². The van der Waals surface area contributed by atoms with E-state index in [2.05, 4.69) is 20.7 Å².